The smallest absolute Gasteiger partial charge is 0.191 e. The second-order valence-corrected chi connectivity index (χ2v) is 9.24. The molecule has 0 amide bonds. The van der Waals surface area contributed by atoms with Crippen LogP contribution in [-0.2, 0) is 12.0 Å². The van der Waals surface area contributed by atoms with Crippen LogP contribution < -0.4 is 15.5 Å². The van der Waals surface area contributed by atoms with Gasteiger partial charge < -0.3 is 15.5 Å². The van der Waals surface area contributed by atoms with Crippen molar-refractivity contribution in [1.29, 1.82) is 0 Å². The highest BCUT2D eigenvalue weighted by atomic mass is 127. The van der Waals surface area contributed by atoms with E-state index in [9.17, 15) is 0 Å². The summed E-state index contributed by atoms with van der Waals surface area (Å²) in [6, 6.07) is 4.05. The van der Waals surface area contributed by atoms with Crippen molar-refractivity contribution in [3.63, 3.8) is 0 Å². The van der Waals surface area contributed by atoms with Gasteiger partial charge in [0.15, 0.2) is 5.96 Å². The first kappa shape index (κ1) is 24.1. The van der Waals surface area contributed by atoms with Crippen LogP contribution >= 0.6 is 46.9 Å². The minimum absolute atomic E-state index is 0. The summed E-state index contributed by atoms with van der Waals surface area (Å²) in [5, 5.41) is 10.8. The Morgan fingerprint density at radius 1 is 1.41 bits per heavy atom. The Balaban J connectivity index is 0.00000300. The third-order valence-electron chi connectivity index (χ3n) is 4.50. The Hall–Kier alpha value is -1.13. The van der Waals surface area contributed by atoms with Crippen LogP contribution in [0.2, 0.25) is 5.02 Å². The van der Waals surface area contributed by atoms with Crippen LogP contribution in [0.1, 0.15) is 44.8 Å². The normalized spacial score (nSPS) is 17.2. The third kappa shape index (κ3) is 6.68. The van der Waals surface area contributed by atoms with Gasteiger partial charge in [-0.15, -0.1) is 35.3 Å². The Morgan fingerprint density at radius 3 is 2.86 bits per heavy atom. The lowest BCUT2D eigenvalue weighted by Crippen LogP contribution is -2.44. The van der Waals surface area contributed by atoms with Gasteiger partial charge in [0.25, 0.3) is 0 Å². The fourth-order valence-corrected chi connectivity index (χ4v) is 4.22. The van der Waals surface area contributed by atoms with Gasteiger partial charge in [-0.1, -0.05) is 32.4 Å². The van der Waals surface area contributed by atoms with Crippen molar-refractivity contribution in [2.45, 2.75) is 52.1 Å². The quantitative estimate of drug-likeness (QED) is 0.329. The summed E-state index contributed by atoms with van der Waals surface area (Å²) in [5.41, 5.74) is 1.09. The average Bonchev–Trinajstić information content (AvgIpc) is 3.29. The van der Waals surface area contributed by atoms with E-state index in [4.69, 9.17) is 21.6 Å². The van der Waals surface area contributed by atoms with Crippen LogP contribution in [0.5, 0.6) is 0 Å². The molecule has 3 heterocycles. The fourth-order valence-electron chi connectivity index (χ4n) is 3.08. The van der Waals surface area contributed by atoms with Crippen molar-refractivity contribution in [3.05, 3.63) is 39.4 Å². The van der Waals surface area contributed by atoms with Crippen molar-refractivity contribution in [2.75, 3.05) is 24.5 Å². The van der Waals surface area contributed by atoms with E-state index < -0.39 is 0 Å². The molecule has 6 nitrogen and oxygen atoms in total. The number of hydrogen-bond acceptors (Lipinski definition) is 5. The van der Waals surface area contributed by atoms with Crippen molar-refractivity contribution in [3.8, 4) is 0 Å². The SMILES string of the molecule is CCNC(=NCc1csc(C(C)(C)C)n1)NC1CCN(c2ncccc2Cl)C1.I. The molecule has 0 radical (unpaired) electrons. The standard InChI is InChI=1S/C20H29ClN6S.HI/c1-5-22-19(24-11-15-13-28-18(25-15)20(2,3)4)26-14-8-10-27(12-14)17-16(21)7-6-9-23-17;/h6-7,9,13-14H,5,8,10-12H2,1-4H3,(H2,22,24,26);1H. The summed E-state index contributed by atoms with van der Waals surface area (Å²) in [7, 11) is 0. The second-order valence-electron chi connectivity index (χ2n) is 7.97. The van der Waals surface area contributed by atoms with E-state index in [-0.39, 0.29) is 29.4 Å². The van der Waals surface area contributed by atoms with E-state index in [0.717, 1.165) is 48.5 Å². The van der Waals surface area contributed by atoms with Gasteiger partial charge in [-0.05, 0) is 25.5 Å². The summed E-state index contributed by atoms with van der Waals surface area (Å²) in [5.74, 6) is 1.68. The Morgan fingerprint density at radius 2 is 2.21 bits per heavy atom. The zero-order valence-electron chi connectivity index (χ0n) is 17.4. The number of aliphatic imine (C=N–C) groups is 1. The number of anilines is 1. The number of rotatable bonds is 5. The molecule has 2 N–H and O–H groups in total. The number of guanidine groups is 1. The van der Waals surface area contributed by atoms with Gasteiger partial charge in [0.05, 0.1) is 22.3 Å². The molecule has 2 aromatic heterocycles. The van der Waals surface area contributed by atoms with Crippen molar-refractivity contribution in [1.82, 2.24) is 20.6 Å². The van der Waals surface area contributed by atoms with Crippen LogP contribution in [0.3, 0.4) is 0 Å². The highest BCUT2D eigenvalue weighted by Gasteiger charge is 2.25. The average molecular weight is 549 g/mol. The van der Waals surface area contributed by atoms with Crippen molar-refractivity contribution < 1.29 is 0 Å². The van der Waals surface area contributed by atoms with Crippen LogP contribution in [0, 0.1) is 0 Å². The molecular weight excluding hydrogens is 519 g/mol. The summed E-state index contributed by atoms with van der Waals surface area (Å²) < 4.78 is 0. The zero-order valence-corrected chi connectivity index (χ0v) is 21.3. The van der Waals surface area contributed by atoms with Crippen molar-refractivity contribution in [2.24, 2.45) is 4.99 Å². The van der Waals surface area contributed by atoms with Crippen LogP contribution in [0.15, 0.2) is 28.7 Å². The van der Waals surface area contributed by atoms with Gasteiger partial charge in [0, 0.05) is 42.7 Å². The molecule has 0 aliphatic carbocycles. The van der Waals surface area contributed by atoms with E-state index in [1.165, 1.54) is 0 Å². The first-order valence-corrected chi connectivity index (χ1v) is 11.0. The summed E-state index contributed by atoms with van der Waals surface area (Å²) >= 11 is 8.00. The Kier molecular flexibility index (Phi) is 8.96. The number of nitrogens with zero attached hydrogens (tertiary/aromatic N) is 4. The molecule has 0 aromatic carbocycles. The lowest BCUT2D eigenvalue weighted by Gasteiger charge is -2.20. The maximum atomic E-state index is 6.29. The molecule has 0 spiro atoms. The van der Waals surface area contributed by atoms with Gasteiger partial charge in [0.2, 0.25) is 0 Å². The largest absolute Gasteiger partial charge is 0.357 e. The molecule has 3 rings (SSSR count). The second kappa shape index (κ2) is 10.8. The molecule has 0 saturated carbocycles. The Bertz CT molecular complexity index is 819. The molecule has 2 aromatic rings. The summed E-state index contributed by atoms with van der Waals surface area (Å²) in [6.07, 6.45) is 2.80. The monoisotopic (exact) mass is 548 g/mol. The number of thiazole rings is 1. The van der Waals surface area contributed by atoms with Crippen LogP contribution in [0.4, 0.5) is 5.82 Å². The molecule has 1 aliphatic heterocycles. The van der Waals surface area contributed by atoms with E-state index >= 15 is 0 Å². The van der Waals surface area contributed by atoms with Crippen LogP contribution in [0.25, 0.3) is 0 Å². The van der Waals surface area contributed by atoms with Gasteiger partial charge in [-0.2, -0.15) is 0 Å². The number of pyridine rings is 1. The zero-order chi connectivity index (χ0) is 20.1. The highest BCUT2D eigenvalue weighted by molar-refractivity contribution is 14.0. The Labute approximate surface area is 199 Å². The van der Waals surface area contributed by atoms with Gasteiger partial charge >= 0.3 is 0 Å². The topological polar surface area (TPSA) is 65.4 Å². The maximum absolute atomic E-state index is 6.29. The lowest BCUT2D eigenvalue weighted by atomic mass is 9.98. The lowest BCUT2D eigenvalue weighted by molar-refractivity contribution is 0.583. The van der Waals surface area contributed by atoms with Gasteiger partial charge in [-0.25, -0.2) is 15.0 Å². The predicted molar refractivity (Wildman–Crippen MR) is 134 cm³/mol. The predicted octanol–water partition coefficient (Wildman–Crippen LogP) is 4.44. The molecular formula is C20H30ClIN6S. The fraction of sp³-hybridized carbons (Fsp3) is 0.550. The molecule has 160 valence electrons. The van der Waals surface area contributed by atoms with Crippen LogP contribution in [-0.4, -0.2) is 41.6 Å². The molecule has 0 bridgehead atoms. The molecule has 1 aliphatic rings. The molecule has 1 saturated heterocycles. The summed E-state index contributed by atoms with van der Waals surface area (Å²) in [6.45, 7) is 11.8. The minimum Gasteiger partial charge on any atom is -0.357 e. The minimum atomic E-state index is 0. The van der Waals surface area contributed by atoms with E-state index in [2.05, 4.69) is 53.6 Å². The molecule has 1 atom stereocenters. The van der Waals surface area contributed by atoms with E-state index in [1.807, 2.05) is 12.1 Å². The molecule has 29 heavy (non-hydrogen) atoms. The van der Waals surface area contributed by atoms with E-state index in [1.54, 1.807) is 17.5 Å². The number of hydrogen-bond donors (Lipinski definition) is 2. The number of aromatic nitrogens is 2. The van der Waals surface area contributed by atoms with Crippen molar-refractivity contribution >= 4 is 58.7 Å². The summed E-state index contributed by atoms with van der Waals surface area (Å²) in [4.78, 5) is 16.1. The molecule has 9 heteroatoms. The first-order chi connectivity index (χ1) is 13.4. The number of nitrogens with one attached hydrogen (secondary N) is 2. The number of halogens is 2. The molecule has 1 fully saturated rings. The van der Waals surface area contributed by atoms with E-state index in [0.29, 0.717) is 17.6 Å². The highest BCUT2D eigenvalue weighted by Crippen LogP contribution is 2.26. The van der Waals surface area contributed by atoms with Gasteiger partial charge in [0.1, 0.15) is 5.82 Å². The third-order valence-corrected chi connectivity index (χ3v) is 6.12. The maximum Gasteiger partial charge on any atom is 0.191 e. The molecule has 1 unspecified atom stereocenters. The van der Waals surface area contributed by atoms with Gasteiger partial charge in [-0.3, -0.25) is 0 Å². The first-order valence-electron chi connectivity index (χ1n) is 9.72.